The molecule has 1 N–H and O–H groups in total. The summed E-state index contributed by atoms with van der Waals surface area (Å²) >= 11 is 0. The number of ketones is 1. The summed E-state index contributed by atoms with van der Waals surface area (Å²) in [4.78, 5) is 38.3. The third-order valence-electron chi connectivity index (χ3n) is 3.71. The fourth-order valence-corrected chi connectivity index (χ4v) is 2.59. The van der Waals surface area contributed by atoms with Gasteiger partial charge in [0.05, 0.1) is 17.8 Å². The standard InChI is InChI=1S/C14H15N3O3/c1-16-11-7-9(3-4-10(11)13(19)14(16)20)17-6-2-5-15-12(18)8-17/h3-4,7H,2,5-6,8H2,1H3,(H,15,18). The fraction of sp³-hybridized carbons (Fsp3) is 0.357. The van der Waals surface area contributed by atoms with Crippen molar-refractivity contribution in [3.8, 4) is 0 Å². The molecule has 3 rings (SSSR count). The molecule has 2 aliphatic heterocycles. The van der Waals surface area contributed by atoms with Gasteiger partial charge in [-0.15, -0.1) is 0 Å². The Labute approximate surface area is 116 Å². The largest absolute Gasteiger partial charge is 0.362 e. The van der Waals surface area contributed by atoms with Gasteiger partial charge in [0, 0.05) is 25.8 Å². The summed E-state index contributed by atoms with van der Waals surface area (Å²) < 4.78 is 0. The third kappa shape index (κ3) is 1.93. The molecule has 0 spiro atoms. The molecule has 0 saturated carbocycles. The van der Waals surface area contributed by atoms with E-state index >= 15 is 0 Å². The molecule has 0 bridgehead atoms. The molecule has 6 heteroatoms. The minimum absolute atomic E-state index is 0.0106. The van der Waals surface area contributed by atoms with Crippen LogP contribution in [0.3, 0.4) is 0 Å². The van der Waals surface area contributed by atoms with Crippen molar-refractivity contribution in [3.05, 3.63) is 23.8 Å². The highest BCUT2D eigenvalue weighted by atomic mass is 16.2. The van der Waals surface area contributed by atoms with Crippen molar-refractivity contribution in [1.82, 2.24) is 5.32 Å². The molecule has 2 amide bonds. The number of hydrogen-bond acceptors (Lipinski definition) is 4. The van der Waals surface area contributed by atoms with Crippen molar-refractivity contribution in [2.75, 3.05) is 36.5 Å². The van der Waals surface area contributed by atoms with Crippen LogP contribution in [-0.2, 0) is 9.59 Å². The number of anilines is 2. The van der Waals surface area contributed by atoms with Gasteiger partial charge in [-0.05, 0) is 24.6 Å². The quantitative estimate of drug-likeness (QED) is 0.741. The molecule has 0 aliphatic carbocycles. The van der Waals surface area contributed by atoms with E-state index in [2.05, 4.69) is 5.32 Å². The molecule has 20 heavy (non-hydrogen) atoms. The minimum atomic E-state index is -0.509. The van der Waals surface area contributed by atoms with Crippen LogP contribution in [0.1, 0.15) is 16.8 Å². The van der Waals surface area contributed by atoms with Gasteiger partial charge in [0.2, 0.25) is 5.91 Å². The first kappa shape index (κ1) is 12.7. The second-order valence-electron chi connectivity index (χ2n) is 5.02. The molecular formula is C14H15N3O3. The van der Waals surface area contributed by atoms with Crippen molar-refractivity contribution >= 4 is 29.0 Å². The van der Waals surface area contributed by atoms with Crippen LogP contribution in [0.4, 0.5) is 11.4 Å². The summed E-state index contributed by atoms with van der Waals surface area (Å²) in [7, 11) is 1.59. The number of amides is 2. The van der Waals surface area contributed by atoms with Gasteiger partial charge < -0.3 is 15.1 Å². The first-order chi connectivity index (χ1) is 9.58. The van der Waals surface area contributed by atoms with Gasteiger partial charge in [0.15, 0.2) is 0 Å². The summed E-state index contributed by atoms with van der Waals surface area (Å²) in [6, 6.07) is 5.26. The highest BCUT2D eigenvalue weighted by Gasteiger charge is 2.33. The second kappa shape index (κ2) is 4.63. The van der Waals surface area contributed by atoms with E-state index in [9.17, 15) is 14.4 Å². The van der Waals surface area contributed by atoms with Crippen molar-refractivity contribution in [3.63, 3.8) is 0 Å². The predicted octanol–water partition coefficient (Wildman–Crippen LogP) is 0.172. The maximum Gasteiger partial charge on any atom is 0.299 e. The molecule has 1 aromatic rings. The van der Waals surface area contributed by atoms with Crippen molar-refractivity contribution in [1.29, 1.82) is 0 Å². The zero-order valence-corrected chi connectivity index (χ0v) is 11.2. The summed E-state index contributed by atoms with van der Waals surface area (Å²) in [5, 5.41) is 2.82. The van der Waals surface area contributed by atoms with Gasteiger partial charge in [-0.3, -0.25) is 14.4 Å². The molecule has 0 aromatic heterocycles. The Kier molecular flexibility index (Phi) is 2.93. The molecule has 2 aliphatic rings. The normalized spacial score (nSPS) is 18.9. The Hall–Kier alpha value is -2.37. The lowest BCUT2D eigenvalue weighted by Crippen LogP contribution is -2.33. The van der Waals surface area contributed by atoms with E-state index in [0.29, 0.717) is 24.3 Å². The zero-order chi connectivity index (χ0) is 14.3. The Bertz CT molecular complexity index is 612. The second-order valence-corrected chi connectivity index (χ2v) is 5.02. The monoisotopic (exact) mass is 273 g/mol. The summed E-state index contributed by atoms with van der Waals surface area (Å²) in [6.45, 7) is 1.74. The molecule has 1 saturated heterocycles. The maximum absolute atomic E-state index is 11.7. The average Bonchev–Trinajstić information content (AvgIpc) is 2.64. The van der Waals surface area contributed by atoms with Crippen LogP contribution in [0.25, 0.3) is 0 Å². The highest BCUT2D eigenvalue weighted by Crippen LogP contribution is 2.32. The lowest BCUT2D eigenvalue weighted by atomic mass is 10.1. The van der Waals surface area contributed by atoms with E-state index in [-0.39, 0.29) is 5.91 Å². The van der Waals surface area contributed by atoms with Crippen LogP contribution < -0.4 is 15.1 Å². The average molecular weight is 273 g/mol. The number of benzene rings is 1. The first-order valence-corrected chi connectivity index (χ1v) is 6.56. The molecule has 0 unspecified atom stereocenters. The first-order valence-electron chi connectivity index (χ1n) is 6.56. The summed E-state index contributed by atoms with van der Waals surface area (Å²) in [5.74, 6) is -0.989. The smallest absolute Gasteiger partial charge is 0.299 e. The number of rotatable bonds is 1. The van der Waals surface area contributed by atoms with Gasteiger partial charge in [-0.1, -0.05) is 0 Å². The number of carbonyl (C=O) groups is 3. The predicted molar refractivity (Wildman–Crippen MR) is 74.0 cm³/mol. The van der Waals surface area contributed by atoms with Crippen LogP contribution in [0, 0.1) is 0 Å². The number of carbonyl (C=O) groups excluding carboxylic acids is 3. The maximum atomic E-state index is 11.7. The number of Topliss-reactive ketones (excluding diaryl/α,β-unsaturated/α-hetero) is 1. The highest BCUT2D eigenvalue weighted by molar-refractivity contribution is 6.52. The van der Waals surface area contributed by atoms with Crippen molar-refractivity contribution < 1.29 is 14.4 Å². The van der Waals surface area contributed by atoms with Crippen LogP contribution in [0.2, 0.25) is 0 Å². The van der Waals surface area contributed by atoms with E-state index in [4.69, 9.17) is 0 Å². The molecule has 1 aromatic carbocycles. The fourth-order valence-electron chi connectivity index (χ4n) is 2.59. The molecule has 6 nitrogen and oxygen atoms in total. The number of nitrogens with zero attached hydrogens (tertiary/aromatic N) is 2. The lowest BCUT2D eigenvalue weighted by molar-refractivity contribution is -0.119. The van der Waals surface area contributed by atoms with Crippen molar-refractivity contribution in [2.24, 2.45) is 0 Å². The molecule has 104 valence electrons. The van der Waals surface area contributed by atoms with E-state index < -0.39 is 11.7 Å². The molecular weight excluding hydrogens is 258 g/mol. The van der Waals surface area contributed by atoms with Crippen LogP contribution in [0.5, 0.6) is 0 Å². The Balaban J connectivity index is 1.95. The minimum Gasteiger partial charge on any atom is -0.362 e. The van der Waals surface area contributed by atoms with Gasteiger partial charge >= 0.3 is 0 Å². The van der Waals surface area contributed by atoms with Gasteiger partial charge in [0.1, 0.15) is 0 Å². The van der Waals surface area contributed by atoms with Crippen LogP contribution in [-0.4, -0.2) is 44.3 Å². The lowest BCUT2D eigenvalue weighted by Gasteiger charge is -2.22. The van der Waals surface area contributed by atoms with E-state index in [0.717, 1.165) is 18.7 Å². The van der Waals surface area contributed by atoms with Crippen LogP contribution >= 0.6 is 0 Å². The summed E-state index contributed by atoms with van der Waals surface area (Å²) in [5.41, 5.74) is 1.90. The molecule has 1 fully saturated rings. The Morgan fingerprint density at radius 3 is 2.80 bits per heavy atom. The molecule has 0 radical (unpaired) electrons. The third-order valence-corrected chi connectivity index (χ3v) is 3.71. The zero-order valence-electron chi connectivity index (χ0n) is 11.2. The number of nitrogens with one attached hydrogen (secondary N) is 1. The summed E-state index contributed by atoms with van der Waals surface area (Å²) in [6.07, 6.45) is 0.872. The van der Waals surface area contributed by atoms with Gasteiger partial charge in [-0.25, -0.2) is 0 Å². The van der Waals surface area contributed by atoms with Gasteiger partial charge in [-0.2, -0.15) is 0 Å². The van der Waals surface area contributed by atoms with E-state index in [1.807, 2.05) is 4.90 Å². The van der Waals surface area contributed by atoms with Crippen LogP contribution in [0.15, 0.2) is 18.2 Å². The Morgan fingerprint density at radius 2 is 2.00 bits per heavy atom. The van der Waals surface area contributed by atoms with Gasteiger partial charge in [0.25, 0.3) is 11.7 Å². The molecule has 0 atom stereocenters. The SMILES string of the molecule is CN1C(=O)C(=O)c2ccc(N3CCCNC(=O)C3)cc21. The number of hydrogen-bond donors (Lipinski definition) is 1. The number of fused-ring (bicyclic) bond motifs is 1. The van der Waals surface area contributed by atoms with E-state index in [1.54, 1.807) is 25.2 Å². The van der Waals surface area contributed by atoms with Crippen molar-refractivity contribution in [2.45, 2.75) is 6.42 Å². The topological polar surface area (TPSA) is 69.7 Å². The van der Waals surface area contributed by atoms with E-state index in [1.165, 1.54) is 4.90 Å². The number of likely N-dealkylation sites (N-methyl/N-ethyl adjacent to an activating group) is 1. The Morgan fingerprint density at radius 1 is 1.20 bits per heavy atom. The molecule has 2 heterocycles.